The van der Waals surface area contributed by atoms with Crippen molar-refractivity contribution in [2.75, 3.05) is 27.2 Å². The molecule has 0 spiro atoms. The number of benzene rings is 1. The molecular weight excluding hydrogens is 306 g/mol. The number of ether oxygens (including phenoxy) is 1. The average Bonchev–Trinajstić information content (AvgIpc) is 2.82. The molecule has 0 radical (unpaired) electrons. The van der Waals surface area contributed by atoms with Crippen molar-refractivity contribution in [3.05, 3.63) is 41.7 Å². The smallest absolute Gasteiger partial charge is 0.341 e. The minimum atomic E-state index is -0.427. The number of rotatable bonds is 2. The molecule has 2 aromatic rings. The molecule has 0 aliphatic carbocycles. The Balaban J connectivity index is 2.13. The Morgan fingerprint density at radius 3 is 2.75 bits per heavy atom. The van der Waals surface area contributed by atoms with E-state index in [1.807, 2.05) is 24.3 Å². The van der Waals surface area contributed by atoms with Crippen LogP contribution in [0.3, 0.4) is 0 Å². The van der Waals surface area contributed by atoms with Crippen LogP contribution in [0.25, 0.3) is 16.5 Å². The Labute approximate surface area is 140 Å². The molecule has 0 unspecified atom stereocenters. The molecule has 3 rings (SSSR count). The molecule has 6 heteroatoms. The van der Waals surface area contributed by atoms with Gasteiger partial charge >= 0.3 is 12.0 Å². The molecule has 1 aromatic carbocycles. The maximum Gasteiger partial charge on any atom is 0.341 e. The molecule has 6 nitrogen and oxygen atoms in total. The zero-order valence-corrected chi connectivity index (χ0v) is 14.1. The Morgan fingerprint density at radius 2 is 2.04 bits per heavy atom. The SMILES string of the molecule is CCOC(=O)C1=CN(C(=O)N(C)C)CCc2c1[nH]c1ccccc21. The summed E-state index contributed by atoms with van der Waals surface area (Å²) in [7, 11) is 3.39. The van der Waals surface area contributed by atoms with Crippen molar-refractivity contribution in [3.8, 4) is 0 Å². The van der Waals surface area contributed by atoms with Gasteiger partial charge in [-0.3, -0.25) is 4.90 Å². The van der Waals surface area contributed by atoms with Gasteiger partial charge in [-0.2, -0.15) is 0 Å². The third kappa shape index (κ3) is 2.75. The van der Waals surface area contributed by atoms with Crippen LogP contribution in [0.15, 0.2) is 30.5 Å². The second-order valence-electron chi connectivity index (χ2n) is 5.91. The zero-order chi connectivity index (χ0) is 17.3. The predicted octanol–water partition coefficient (Wildman–Crippen LogP) is 2.61. The Morgan fingerprint density at radius 1 is 1.29 bits per heavy atom. The first-order valence-electron chi connectivity index (χ1n) is 7.99. The van der Waals surface area contributed by atoms with Gasteiger partial charge in [0, 0.05) is 37.7 Å². The van der Waals surface area contributed by atoms with E-state index in [2.05, 4.69) is 4.98 Å². The second kappa shape index (κ2) is 6.39. The lowest BCUT2D eigenvalue weighted by Gasteiger charge is -2.22. The Bertz CT molecular complexity index is 820. The zero-order valence-electron chi connectivity index (χ0n) is 14.1. The minimum Gasteiger partial charge on any atom is -0.462 e. The van der Waals surface area contributed by atoms with Crippen molar-refractivity contribution in [3.63, 3.8) is 0 Å². The number of carbonyl (C=O) groups excluding carboxylic acids is 2. The summed E-state index contributed by atoms with van der Waals surface area (Å²) >= 11 is 0. The van der Waals surface area contributed by atoms with Crippen molar-refractivity contribution in [1.29, 1.82) is 0 Å². The normalized spacial score (nSPS) is 14.0. The van der Waals surface area contributed by atoms with Crippen LogP contribution in [-0.2, 0) is 16.0 Å². The lowest BCUT2D eigenvalue weighted by Crippen LogP contribution is -2.36. The number of H-pyrrole nitrogens is 1. The molecule has 24 heavy (non-hydrogen) atoms. The first-order valence-corrected chi connectivity index (χ1v) is 7.99. The van der Waals surface area contributed by atoms with Crippen molar-refractivity contribution in [2.24, 2.45) is 0 Å². The fourth-order valence-corrected chi connectivity index (χ4v) is 2.98. The molecular formula is C18H21N3O3. The van der Waals surface area contributed by atoms with Gasteiger partial charge in [0.05, 0.1) is 17.9 Å². The van der Waals surface area contributed by atoms with Crippen molar-refractivity contribution in [2.45, 2.75) is 13.3 Å². The predicted molar refractivity (Wildman–Crippen MR) is 92.4 cm³/mol. The summed E-state index contributed by atoms with van der Waals surface area (Å²) < 4.78 is 5.20. The van der Waals surface area contributed by atoms with E-state index in [4.69, 9.17) is 4.74 Å². The standard InChI is InChI=1S/C18H21N3O3/c1-4-24-17(22)14-11-21(18(23)20(2)3)10-9-13-12-7-5-6-8-15(12)19-16(13)14/h5-8,11,19H,4,9-10H2,1-3H3. The van der Waals surface area contributed by atoms with Gasteiger partial charge in [0.25, 0.3) is 0 Å². The van der Waals surface area contributed by atoms with Crippen LogP contribution in [0.4, 0.5) is 4.79 Å². The summed E-state index contributed by atoms with van der Waals surface area (Å²) in [5, 5.41) is 1.07. The van der Waals surface area contributed by atoms with Gasteiger partial charge in [0.2, 0.25) is 0 Å². The van der Waals surface area contributed by atoms with Crippen molar-refractivity contribution < 1.29 is 14.3 Å². The lowest BCUT2D eigenvalue weighted by atomic mass is 10.0. The van der Waals surface area contributed by atoms with Gasteiger partial charge in [0.1, 0.15) is 0 Å². The number of hydrogen-bond acceptors (Lipinski definition) is 3. The van der Waals surface area contributed by atoms with Gasteiger partial charge in [-0.25, -0.2) is 9.59 Å². The topological polar surface area (TPSA) is 65.6 Å². The van der Waals surface area contributed by atoms with Crippen LogP contribution >= 0.6 is 0 Å². The Hall–Kier alpha value is -2.76. The highest BCUT2D eigenvalue weighted by molar-refractivity contribution is 6.18. The van der Waals surface area contributed by atoms with E-state index in [1.165, 1.54) is 4.90 Å². The van der Waals surface area contributed by atoms with Crippen LogP contribution in [-0.4, -0.2) is 54.0 Å². The van der Waals surface area contributed by atoms with Gasteiger partial charge in [-0.15, -0.1) is 0 Å². The summed E-state index contributed by atoms with van der Waals surface area (Å²) in [5.41, 5.74) is 3.14. The molecule has 0 bridgehead atoms. The van der Waals surface area contributed by atoms with E-state index < -0.39 is 5.97 Å². The van der Waals surface area contributed by atoms with Crippen LogP contribution in [0, 0.1) is 0 Å². The number of aromatic nitrogens is 1. The number of para-hydroxylation sites is 1. The number of hydrogen-bond donors (Lipinski definition) is 1. The number of fused-ring (bicyclic) bond motifs is 3. The molecule has 2 heterocycles. The fourth-order valence-electron chi connectivity index (χ4n) is 2.98. The molecule has 1 aliphatic rings. The van der Waals surface area contributed by atoms with Gasteiger partial charge in [-0.1, -0.05) is 18.2 Å². The van der Waals surface area contributed by atoms with E-state index in [1.54, 1.807) is 32.1 Å². The number of urea groups is 1. The summed E-state index contributed by atoms with van der Waals surface area (Å²) in [6.07, 6.45) is 2.26. The molecule has 0 saturated heterocycles. The highest BCUT2D eigenvalue weighted by Gasteiger charge is 2.27. The van der Waals surface area contributed by atoms with E-state index in [0.717, 1.165) is 22.2 Å². The summed E-state index contributed by atoms with van der Waals surface area (Å²) in [6, 6.07) is 7.77. The highest BCUT2D eigenvalue weighted by atomic mass is 16.5. The van der Waals surface area contributed by atoms with Gasteiger partial charge in [-0.05, 0) is 25.0 Å². The summed E-state index contributed by atoms with van der Waals surface area (Å²) in [4.78, 5) is 31.2. The average molecular weight is 327 g/mol. The molecule has 1 N–H and O–H groups in total. The van der Waals surface area contributed by atoms with Crippen LogP contribution in [0.2, 0.25) is 0 Å². The van der Waals surface area contributed by atoms with E-state index >= 15 is 0 Å². The summed E-state index contributed by atoms with van der Waals surface area (Å²) in [5.74, 6) is -0.427. The highest BCUT2D eigenvalue weighted by Crippen LogP contribution is 2.31. The maximum atomic E-state index is 12.5. The van der Waals surface area contributed by atoms with Crippen LogP contribution in [0.5, 0.6) is 0 Å². The maximum absolute atomic E-state index is 12.5. The molecule has 126 valence electrons. The van der Waals surface area contributed by atoms with E-state index in [0.29, 0.717) is 18.5 Å². The summed E-state index contributed by atoms with van der Waals surface area (Å²) in [6.45, 7) is 2.56. The largest absolute Gasteiger partial charge is 0.462 e. The number of nitrogens with zero attached hydrogens (tertiary/aromatic N) is 2. The minimum absolute atomic E-state index is 0.161. The first-order chi connectivity index (χ1) is 11.5. The van der Waals surface area contributed by atoms with E-state index in [9.17, 15) is 9.59 Å². The fraction of sp³-hybridized carbons (Fsp3) is 0.333. The number of nitrogens with one attached hydrogen (secondary N) is 1. The van der Waals surface area contributed by atoms with Crippen LogP contribution < -0.4 is 0 Å². The number of aromatic amines is 1. The van der Waals surface area contributed by atoms with Gasteiger partial charge < -0.3 is 14.6 Å². The van der Waals surface area contributed by atoms with E-state index in [-0.39, 0.29) is 12.6 Å². The number of amides is 2. The quantitative estimate of drug-likeness (QED) is 0.862. The van der Waals surface area contributed by atoms with Crippen LogP contribution in [0.1, 0.15) is 18.2 Å². The number of carbonyl (C=O) groups is 2. The van der Waals surface area contributed by atoms with Crippen molar-refractivity contribution in [1.82, 2.24) is 14.8 Å². The molecule has 1 aromatic heterocycles. The molecule has 0 saturated carbocycles. The van der Waals surface area contributed by atoms with Crippen molar-refractivity contribution >= 4 is 28.5 Å². The first kappa shape index (κ1) is 16.1. The number of esters is 1. The Kier molecular flexibility index (Phi) is 4.29. The monoisotopic (exact) mass is 327 g/mol. The van der Waals surface area contributed by atoms with Gasteiger partial charge in [0.15, 0.2) is 0 Å². The second-order valence-corrected chi connectivity index (χ2v) is 5.91. The molecule has 2 amide bonds. The molecule has 0 atom stereocenters. The lowest BCUT2D eigenvalue weighted by molar-refractivity contribution is -0.136. The third-order valence-corrected chi connectivity index (χ3v) is 4.09. The molecule has 1 aliphatic heterocycles. The molecule has 0 fully saturated rings. The third-order valence-electron chi connectivity index (χ3n) is 4.09.